The molecule has 2 aromatic rings. The Morgan fingerprint density at radius 2 is 2.25 bits per heavy atom. The van der Waals surface area contributed by atoms with Gasteiger partial charge < -0.3 is 4.57 Å². The van der Waals surface area contributed by atoms with Gasteiger partial charge in [0.25, 0.3) is 0 Å². The number of imidazole rings is 1. The van der Waals surface area contributed by atoms with Crippen LogP contribution in [-0.2, 0) is 13.0 Å². The molecule has 0 aliphatic rings. The second-order valence-corrected chi connectivity index (χ2v) is 4.96. The number of nitrogens with two attached hydrogens (primary N) is 1. The number of hydrogen-bond donors (Lipinski definition) is 2. The van der Waals surface area contributed by atoms with Crippen molar-refractivity contribution < 1.29 is 4.39 Å². The molecule has 3 N–H and O–H groups in total. The fourth-order valence-corrected chi connectivity index (χ4v) is 2.45. The number of aromatic nitrogens is 2. The minimum absolute atomic E-state index is 0.0754. The molecule has 0 fully saturated rings. The van der Waals surface area contributed by atoms with E-state index in [-0.39, 0.29) is 11.9 Å². The Kier molecular flexibility index (Phi) is 4.87. The molecule has 0 amide bonds. The predicted octanol–water partition coefficient (Wildman–Crippen LogP) is 2.49. The summed E-state index contributed by atoms with van der Waals surface area (Å²) in [4.78, 5) is 4.39. The van der Waals surface area contributed by atoms with Crippen LogP contribution in [0.4, 0.5) is 4.39 Å². The predicted molar refractivity (Wildman–Crippen MR) is 77.4 cm³/mol. The summed E-state index contributed by atoms with van der Waals surface area (Å²) < 4.78 is 15.3. The van der Waals surface area contributed by atoms with E-state index in [9.17, 15) is 4.39 Å². The van der Waals surface area contributed by atoms with E-state index in [1.54, 1.807) is 12.3 Å². The smallest absolute Gasteiger partial charge is 0.123 e. The third-order valence-electron chi connectivity index (χ3n) is 3.46. The lowest BCUT2D eigenvalue weighted by molar-refractivity contribution is 0.513. The molecule has 1 aromatic carbocycles. The lowest BCUT2D eigenvalue weighted by Gasteiger charge is -2.19. The summed E-state index contributed by atoms with van der Waals surface area (Å²) >= 11 is 0. The molecule has 0 spiro atoms. The molecular formula is C15H21FN4. The number of benzene rings is 1. The molecule has 20 heavy (non-hydrogen) atoms. The van der Waals surface area contributed by atoms with Crippen LogP contribution in [0.1, 0.15) is 36.3 Å². The number of hydrogen-bond acceptors (Lipinski definition) is 3. The summed E-state index contributed by atoms with van der Waals surface area (Å²) in [5, 5.41) is 0. The minimum Gasteiger partial charge on any atom is -0.335 e. The van der Waals surface area contributed by atoms with E-state index in [1.807, 2.05) is 13.1 Å². The fourth-order valence-electron chi connectivity index (χ4n) is 2.45. The number of aryl methyl sites for hydroxylation is 2. The standard InChI is InChI=1S/C15H21FN4/c1-3-7-20-8-6-18-15(20)10-14(19-17)13-5-4-12(16)9-11(13)2/h4-6,8-9,14,19H,3,7,10,17H2,1-2H3. The van der Waals surface area contributed by atoms with E-state index in [1.165, 1.54) is 12.1 Å². The van der Waals surface area contributed by atoms with Crippen LogP contribution in [0.3, 0.4) is 0 Å². The summed E-state index contributed by atoms with van der Waals surface area (Å²) in [6.07, 6.45) is 5.51. The number of hydrazine groups is 1. The van der Waals surface area contributed by atoms with Crippen molar-refractivity contribution in [3.05, 3.63) is 53.4 Å². The van der Waals surface area contributed by atoms with E-state index in [0.29, 0.717) is 6.42 Å². The molecule has 1 atom stereocenters. The third kappa shape index (κ3) is 3.23. The third-order valence-corrected chi connectivity index (χ3v) is 3.46. The summed E-state index contributed by atoms with van der Waals surface area (Å²) in [6, 6.07) is 4.69. The second kappa shape index (κ2) is 6.63. The Labute approximate surface area is 118 Å². The second-order valence-electron chi connectivity index (χ2n) is 4.96. The van der Waals surface area contributed by atoms with Crippen LogP contribution in [0.5, 0.6) is 0 Å². The Balaban J connectivity index is 2.22. The molecule has 2 rings (SSSR count). The molecule has 108 valence electrons. The molecule has 0 saturated heterocycles. The van der Waals surface area contributed by atoms with Crippen LogP contribution >= 0.6 is 0 Å². The highest BCUT2D eigenvalue weighted by Crippen LogP contribution is 2.21. The quantitative estimate of drug-likeness (QED) is 0.629. The van der Waals surface area contributed by atoms with Crippen LogP contribution in [0.25, 0.3) is 0 Å². The Bertz CT molecular complexity index is 565. The first-order chi connectivity index (χ1) is 9.65. The van der Waals surface area contributed by atoms with Gasteiger partial charge in [-0.3, -0.25) is 11.3 Å². The van der Waals surface area contributed by atoms with E-state index in [4.69, 9.17) is 5.84 Å². The van der Waals surface area contributed by atoms with Gasteiger partial charge in [0.1, 0.15) is 11.6 Å². The lowest BCUT2D eigenvalue weighted by atomic mass is 9.99. The van der Waals surface area contributed by atoms with Crippen molar-refractivity contribution in [3.8, 4) is 0 Å². The maximum absolute atomic E-state index is 13.2. The maximum atomic E-state index is 13.2. The molecule has 0 saturated carbocycles. The van der Waals surface area contributed by atoms with Gasteiger partial charge in [-0.1, -0.05) is 13.0 Å². The zero-order valence-corrected chi connectivity index (χ0v) is 11.9. The van der Waals surface area contributed by atoms with Crippen molar-refractivity contribution in [2.45, 2.75) is 39.3 Å². The van der Waals surface area contributed by atoms with Gasteiger partial charge in [0.05, 0.1) is 6.04 Å². The first kappa shape index (κ1) is 14.7. The van der Waals surface area contributed by atoms with Gasteiger partial charge in [-0.2, -0.15) is 0 Å². The number of rotatable bonds is 6. The summed E-state index contributed by atoms with van der Waals surface area (Å²) in [5.41, 5.74) is 4.70. The fraction of sp³-hybridized carbons (Fsp3) is 0.400. The van der Waals surface area contributed by atoms with Crippen molar-refractivity contribution >= 4 is 0 Å². The molecule has 0 radical (unpaired) electrons. The zero-order chi connectivity index (χ0) is 14.5. The first-order valence-electron chi connectivity index (χ1n) is 6.88. The van der Waals surface area contributed by atoms with Gasteiger partial charge in [0, 0.05) is 25.4 Å². The Morgan fingerprint density at radius 1 is 1.45 bits per heavy atom. The number of nitrogens with one attached hydrogen (secondary N) is 1. The number of nitrogens with zero attached hydrogens (tertiary/aromatic N) is 2. The van der Waals surface area contributed by atoms with Crippen molar-refractivity contribution in [1.82, 2.24) is 15.0 Å². The van der Waals surface area contributed by atoms with Gasteiger partial charge in [-0.15, -0.1) is 0 Å². The number of halogens is 1. The lowest BCUT2D eigenvalue weighted by Crippen LogP contribution is -2.31. The van der Waals surface area contributed by atoms with Gasteiger partial charge >= 0.3 is 0 Å². The van der Waals surface area contributed by atoms with E-state index in [2.05, 4.69) is 21.9 Å². The van der Waals surface area contributed by atoms with Crippen molar-refractivity contribution in [1.29, 1.82) is 0 Å². The average Bonchev–Trinajstić information content (AvgIpc) is 2.84. The summed E-state index contributed by atoms with van der Waals surface area (Å²) in [7, 11) is 0. The Hall–Kier alpha value is -1.72. The van der Waals surface area contributed by atoms with Crippen LogP contribution in [0, 0.1) is 12.7 Å². The van der Waals surface area contributed by atoms with Crippen LogP contribution in [0.15, 0.2) is 30.6 Å². The Morgan fingerprint density at radius 3 is 2.90 bits per heavy atom. The minimum atomic E-state index is -0.227. The van der Waals surface area contributed by atoms with Crippen LogP contribution in [0.2, 0.25) is 0 Å². The van der Waals surface area contributed by atoms with Crippen molar-refractivity contribution in [3.63, 3.8) is 0 Å². The molecule has 4 nitrogen and oxygen atoms in total. The normalized spacial score (nSPS) is 12.6. The van der Waals surface area contributed by atoms with Gasteiger partial charge in [0.15, 0.2) is 0 Å². The van der Waals surface area contributed by atoms with E-state index < -0.39 is 0 Å². The first-order valence-corrected chi connectivity index (χ1v) is 6.88. The average molecular weight is 276 g/mol. The monoisotopic (exact) mass is 276 g/mol. The molecule has 5 heteroatoms. The highest BCUT2D eigenvalue weighted by molar-refractivity contribution is 5.30. The summed E-state index contributed by atoms with van der Waals surface area (Å²) in [5.74, 6) is 6.43. The van der Waals surface area contributed by atoms with Crippen molar-refractivity contribution in [2.24, 2.45) is 5.84 Å². The molecule has 0 bridgehead atoms. The SMILES string of the molecule is CCCn1ccnc1CC(NN)c1ccc(F)cc1C. The molecular weight excluding hydrogens is 255 g/mol. The van der Waals surface area contributed by atoms with Crippen molar-refractivity contribution in [2.75, 3.05) is 0 Å². The van der Waals surface area contributed by atoms with Gasteiger partial charge in [-0.05, 0) is 36.6 Å². The molecule has 0 aliphatic heterocycles. The highest BCUT2D eigenvalue weighted by Gasteiger charge is 2.16. The van der Waals surface area contributed by atoms with Gasteiger partial charge in [0.2, 0.25) is 0 Å². The molecule has 0 aliphatic carbocycles. The van der Waals surface area contributed by atoms with Gasteiger partial charge in [-0.25, -0.2) is 9.37 Å². The largest absolute Gasteiger partial charge is 0.335 e. The van der Waals surface area contributed by atoms with Crippen LogP contribution < -0.4 is 11.3 Å². The van der Waals surface area contributed by atoms with E-state index >= 15 is 0 Å². The maximum Gasteiger partial charge on any atom is 0.123 e. The zero-order valence-electron chi connectivity index (χ0n) is 11.9. The highest BCUT2D eigenvalue weighted by atomic mass is 19.1. The molecule has 1 heterocycles. The molecule has 1 aromatic heterocycles. The molecule has 1 unspecified atom stereocenters. The van der Waals surface area contributed by atoms with Crippen LogP contribution in [-0.4, -0.2) is 9.55 Å². The topological polar surface area (TPSA) is 55.9 Å². The summed E-state index contributed by atoms with van der Waals surface area (Å²) in [6.45, 7) is 4.96. The van der Waals surface area contributed by atoms with E-state index in [0.717, 1.165) is 29.9 Å².